The highest BCUT2D eigenvalue weighted by atomic mass is 31.2. The van der Waals surface area contributed by atoms with Gasteiger partial charge in [0.2, 0.25) is 0 Å². The van der Waals surface area contributed by atoms with Gasteiger partial charge in [-0.25, -0.2) is 9.13 Å². The molecule has 17 nitrogen and oxygen atoms in total. The van der Waals surface area contributed by atoms with E-state index >= 15 is 0 Å². The van der Waals surface area contributed by atoms with Crippen molar-refractivity contribution >= 4 is 39.5 Å². The molecule has 0 radical (unpaired) electrons. The number of ether oxygens (including phenoxy) is 4. The van der Waals surface area contributed by atoms with Gasteiger partial charge in [-0.2, -0.15) is 0 Å². The van der Waals surface area contributed by atoms with Crippen LogP contribution in [0.4, 0.5) is 0 Å². The van der Waals surface area contributed by atoms with Crippen LogP contribution in [0.2, 0.25) is 0 Å². The molecule has 3 N–H and O–H groups in total. The van der Waals surface area contributed by atoms with E-state index in [0.717, 1.165) is 114 Å². The zero-order valence-electron chi connectivity index (χ0n) is 69.2. The van der Waals surface area contributed by atoms with Gasteiger partial charge in [0.15, 0.2) is 12.2 Å². The summed E-state index contributed by atoms with van der Waals surface area (Å²) in [4.78, 5) is 73.2. The van der Waals surface area contributed by atoms with Gasteiger partial charge < -0.3 is 33.8 Å². The molecule has 0 saturated heterocycles. The topological polar surface area (TPSA) is 237 Å². The van der Waals surface area contributed by atoms with E-state index < -0.39 is 97.5 Å². The van der Waals surface area contributed by atoms with Crippen molar-refractivity contribution in [2.75, 3.05) is 39.6 Å². The minimum atomic E-state index is -4.97. The Balaban J connectivity index is 5.22. The zero-order chi connectivity index (χ0) is 77.2. The van der Waals surface area contributed by atoms with Crippen LogP contribution in [-0.2, 0) is 65.4 Å². The molecule has 0 saturated carbocycles. The maximum Gasteiger partial charge on any atom is 0.472 e. The van der Waals surface area contributed by atoms with Gasteiger partial charge in [-0.3, -0.25) is 37.3 Å². The standard InChI is InChI=1S/C86H168O17P2/c1-8-11-12-13-14-15-16-17-18-19-20-24-27-30-35-40-45-53-60-67-83(88)96-73-81(102-85(90)69-62-55-46-41-36-31-28-25-22-21-23-26-29-34-39-44-51-58-65-78(6)9-2)75-100-104(92,93)98-71-80(87)72-99-105(94,95)101-76-82(74-97-84(89)68-61-54-49-48-52-59-66-79(7)10-3)103-86(91)70-63-56-47-42-37-32-33-38-43-50-57-64-77(4)5/h77-82,87H,8-76H2,1-7H3,(H,92,93)(H,94,95)/t78?,79?,80-,81-,82-/m1/s1. The van der Waals surface area contributed by atoms with Crippen LogP contribution in [0.5, 0.6) is 0 Å². The molecule has 0 rings (SSSR count). The highest BCUT2D eigenvalue weighted by molar-refractivity contribution is 7.47. The molecule has 0 fully saturated rings. The van der Waals surface area contributed by atoms with Gasteiger partial charge in [0, 0.05) is 25.7 Å². The number of carbonyl (C=O) groups is 4. The molecule has 0 bridgehead atoms. The molecular formula is C86H168O17P2. The molecule has 0 aromatic heterocycles. The van der Waals surface area contributed by atoms with E-state index in [1.165, 1.54) is 257 Å². The molecule has 0 heterocycles. The van der Waals surface area contributed by atoms with Gasteiger partial charge in [0.05, 0.1) is 26.4 Å². The van der Waals surface area contributed by atoms with Crippen molar-refractivity contribution in [3.8, 4) is 0 Å². The van der Waals surface area contributed by atoms with E-state index in [-0.39, 0.29) is 25.7 Å². The van der Waals surface area contributed by atoms with E-state index in [9.17, 15) is 43.2 Å². The Kier molecular flexibility index (Phi) is 74.7. The minimum absolute atomic E-state index is 0.106. The Labute approximate surface area is 645 Å². The Morgan fingerprint density at radius 3 is 0.724 bits per heavy atom. The number of aliphatic hydroxyl groups excluding tert-OH is 1. The average molecular weight is 1540 g/mol. The van der Waals surface area contributed by atoms with Crippen LogP contribution < -0.4 is 0 Å². The van der Waals surface area contributed by atoms with Crippen molar-refractivity contribution < 1.29 is 80.2 Å². The lowest BCUT2D eigenvalue weighted by Crippen LogP contribution is -2.30. The number of phosphoric ester groups is 2. The normalized spacial score (nSPS) is 14.4. The summed E-state index contributed by atoms with van der Waals surface area (Å²) in [6.07, 6.45) is 66.7. The molecule has 624 valence electrons. The fourth-order valence-corrected chi connectivity index (χ4v) is 14.9. The van der Waals surface area contributed by atoms with E-state index in [1.54, 1.807) is 0 Å². The molecule has 0 amide bonds. The Morgan fingerprint density at radius 1 is 0.276 bits per heavy atom. The van der Waals surface area contributed by atoms with Gasteiger partial charge in [0.1, 0.15) is 19.3 Å². The maximum absolute atomic E-state index is 13.1. The molecule has 7 atom stereocenters. The predicted octanol–water partition coefficient (Wildman–Crippen LogP) is 26.1. The summed E-state index contributed by atoms with van der Waals surface area (Å²) in [5.74, 6) is 0.260. The lowest BCUT2D eigenvalue weighted by Gasteiger charge is -2.21. The van der Waals surface area contributed by atoms with Crippen LogP contribution in [0, 0.1) is 17.8 Å². The number of esters is 4. The Bertz CT molecular complexity index is 2030. The summed E-state index contributed by atoms with van der Waals surface area (Å²) >= 11 is 0. The van der Waals surface area contributed by atoms with Crippen molar-refractivity contribution in [2.24, 2.45) is 17.8 Å². The van der Waals surface area contributed by atoms with Crippen molar-refractivity contribution in [1.29, 1.82) is 0 Å². The van der Waals surface area contributed by atoms with Gasteiger partial charge in [-0.1, -0.05) is 402 Å². The molecule has 0 aliphatic carbocycles. The lowest BCUT2D eigenvalue weighted by atomic mass is 9.99. The molecular weight excluding hydrogens is 1370 g/mol. The Morgan fingerprint density at radius 2 is 0.486 bits per heavy atom. The summed E-state index contributed by atoms with van der Waals surface area (Å²) in [7, 11) is -9.93. The number of aliphatic hydroxyl groups is 1. The monoisotopic (exact) mass is 1540 g/mol. The smallest absolute Gasteiger partial charge is 0.462 e. The van der Waals surface area contributed by atoms with Crippen LogP contribution in [0.1, 0.15) is 453 Å². The van der Waals surface area contributed by atoms with Crippen LogP contribution >= 0.6 is 15.6 Å². The zero-order valence-corrected chi connectivity index (χ0v) is 71.0. The fraction of sp³-hybridized carbons (Fsp3) is 0.953. The third-order valence-corrected chi connectivity index (χ3v) is 22.8. The van der Waals surface area contributed by atoms with E-state index in [4.69, 9.17) is 37.0 Å². The number of hydrogen-bond donors (Lipinski definition) is 3. The summed E-state index contributed by atoms with van der Waals surface area (Å²) in [6.45, 7) is 12.0. The first kappa shape index (κ1) is 103. The molecule has 0 aliphatic rings. The quantitative estimate of drug-likeness (QED) is 0.0222. The molecule has 0 aromatic carbocycles. The Hall–Kier alpha value is -1.94. The van der Waals surface area contributed by atoms with Crippen LogP contribution in [-0.4, -0.2) is 96.7 Å². The number of rotatable bonds is 84. The van der Waals surface area contributed by atoms with Gasteiger partial charge >= 0.3 is 39.5 Å². The summed E-state index contributed by atoms with van der Waals surface area (Å²) in [5.41, 5.74) is 0. The largest absolute Gasteiger partial charge is 0.472 e. The summed E-state index contributed by atoms with van der Waals surface area (Å²) in [5, 5.41) is 10.7. The number of carbonyl (C=O) groups excluding carboxylic acids is 4. The van der Waals surface area contributed by atoms with E-state index in [2.05, 4.69) is 48.5 Å². The first-order chi connectivity index (χ1) is 50.8. The third kappa shape index (κ3) is 77.2. The maximum atomic E-state index is 13.1. The predicted molar refractivity (Wildman–Crippen MR) is 432 cm³/mol. The number of phosphoric acid groups is 2. The van der Waals surface area contributed by atoms with Gasteiger partial charge in [0.25, 0.3) is 0 Å². The lowest BCUT2D eigenvalue weighted by molar-refractivity contribution is -0.161. The molecule has 19 heteroatoms. The van der Waals surface area contributed by atoms with E-state index in [1.807, 2.05) is 0 Å². The molecule has 0 aliphatic heterocycles. The summed E-state index contributed by atoms with van der Waals surface area (Å²) < 4.78 is 68.9. The second-order valence-electron chi connectivity index (χ2n) is 31.9. The summed E-state index contributed by atoms with van der Waals surface area (Å²) in [6, 6.07) is 0. The average Bonchev–Trinajstić information content (AvgIpc) is 0.921. The second-order valence-corrected chi connectivity index (χ2v) is 34.8. The number of hydrogen-bond acceptors (Lipinski definition) is 15. The molecule has 105 heavy (non-hydrogen) atoms. The third-order valence-electron chi connectivity index (χ3n) is 20.9. The van der Waals surface area contributed by atoms with Crippen LogP contribution in [0.25, 0.3) is 0 Å². The molecule has 0 aromatic rings. The van der Waals surface area contributed by atoms with Crippen LogP contribution in [0.15, 0.2) is 0 Å². The first-order valence-corrected chi connectivity index (χ1v) is 47.4. The fourth-order valence-electron chi connectivity index (χ4n) is 13.3. The first-order valence-electron chi connectivity index (χ1n) is 44.4. The van der Waals surface area contributed by atoms with E-state index in [0.29, 0.717) is 25.7 Å². The molecule has 4 unspecified atom stereocenters. The molecule has 0 spiro atoms. The van der Waals surface area contributed by atoms with Crippen molar-refractivity contribution in [1.82, 2.24) is 0 Å². The minimum Gasteiger partial charge on any atom is -0.462 e. The van der Waals surface area contributed by atoms with Crippen LogP contribution in [0.3, 0.4) is 0 Å². The SMILES string of the molecule is CCCCCCCCCCCCCCCCCCCCCC(=O)OC[C@H](COP(=O)(O)OC[C@@H](O)COP(=O)(O)OC[C@@H](COC(=O)CCCCCCCCC(C)CC)OC(=O)CCCCCCCCCCCCCC(C)C)OC(=O)CCCCCCCCCCCCCCCCCCCCC(C)CC. The van der Waals surface area contributed by atoms with Crippen molar-refractivity contribution in [3.63, 3.8) is 0 Å². The highest BCUT2D eigenvalue weighted by Gasteiger charge is 2.30. The van der Waals surface area contributed by atoms with Gasteiger partial charge in [-0.05, 0) is 43.4 Å². The van der Waals surface area contributed by atoms with Crippen molar-refractivity contribution in [3.05, 3.63) is 0 Å². The second kappa shape index (κ2) is 76.1. The van der Waals surface area contributed by atoms with Gasteiger partial charge in [-0.15, -0.1) is 0 Å². The number of unbranched alkanes of at least 4 members (excludes halogenated alkanes) is 50. The highest BCUT2D eigenvalue weighted by Crippen LogP contribution is 2.45. The van der Waals surface area contributed by atoms with Crippen molar-refractivity contribution in [2.45, 2.75) is 471 Å².